The molecule has 1 N–H and O–H groups in total. The number of carbonyl (C=O) groups excluding carboxylic acids is 1. The predicted octanol–water partition coefficient (Wildman–Crippen LogP) is 3.21. The van der Waals surface area contributed by atoms with E-state index in [0.717, 1.165) is 56.0 Å². The molecule has 6 nitrogen and oxygen atoms in total. The minimum absolute atomic E-state index is 0.0262. The third-order valence-electron chi connectivity index (χ3n) is 6.78. The van der Waals surface area contributed by atoms with Crippen molar-refractivity contribution in [3.63, 3.8) is 0 Å². The molecule has 3 heterocycles. The maximum atomic E-state index is 13.2. The Kier molecular flexibility index (Phi) is 5.31. The Hall–Kier alpha value is -1.92. The van der Waals surface area contributed by atoms with Gasteiger partial charge in [0.25, 0.3) is 5.91 Å². The van der Waals surface area contributed by atoms with Crippen LogP contribution in [-0.4, -0.2) is 58.5 Å². The summed E-state index contributed by atoms with van der Waals surface area (Å²) in [6.07, 6.45) is 6.93. The molecule has 0 radical (unpaired) electrons. The molecule has 156 valence electrons. The van der Waals surface area contributed by atoms with E-state index in [1.54, 1.807) is 0 Å². The van der Waals surface area contributed by atoms with Gasteiger partial charge in [0.05, 0.1) is 18.7 Å². The van der Waals surface area contributed by atoms with Gasteiger partial charge in [-0.05, 0) is 50.6 Å². The van der Waals surface area contributed by atoms with Crippen LogP contribution in [0.25, 0.3) is 10.9 Å². The van der Waals surface area contributed by atoms with Gasteiger partial charge in [0, 0.05) is 30.1 Å². The molecule has 2 saturated heterocycles. The lowest BCUT2D eigenvalue weighted by atomic mass is 9.89. The molecule has 5 rings (SSSR count). The molecule has 6 heteroatoms. The molecule has 0 spiro atoms. The van der Waals surface area contributed by atoms with Crippen molar-refractivity contribution in [3.05, 3.63) is 30.0 Å². The lowest BCUT2D eigenvalue weighted by molar-refractivity contribution is -0.0802. The first kappa shape index (κ1) is 19.1. The van der Waals surface area contributed by atoms with Crippen LogP contribution < -0.4 is 5.32 Å². The second-order valence-corrected chi connectivity index (χ2v) is 9.07. The molecule has 3 atom stereocenters. The Balaban J connectivity index is 1.31. The summed E-state index contributed by atoms with van der Waals surface area (Å²) < 4.78 is 7.86. The number of hydrogen-bond donors (Lipinski definition) is 1. The number of para-hydroxylation sites is 1. The Morgan fingerprint density at radius 3 is 2.69 bits per heavy atom. The molecule has 1 saturated carbocycles. The first-order valence-corrected chi connectivity index (χ1v) is 11.3. The summed E-state index contributed by atoms with van der Waals surface area (Å²) in [6, 6.07) is 9.17. The van der Waals surface area contributed by atoms with Crippen molar-refractivity contribution in [2.75, 3.05) is 19.8 Å². The fourth-order valence-electron chi connectivity index (χ4n) is 5.05. The number of hydrogen-bond acceptors (Lipinski definition) is 4. The third kappa shape index (κ3) is 3.92. The maximum absolute atomic E-state index is 13.2. The predicted molar refractivity (Wildman–Crippen MR) is 113 cm³/mol. The molecule has 1 aliphatic carbocycles. The fraction of sp³-hybridized carbons (Fsp3) is 0.652. The standard InChI is InChI=1S/C23H32N4O2/c1-2-3-10-26-18-11-17(12-19(26)15-29-14-18)24-23(28)22-20-6-4-5-7-21(20)27(25-22)13-16-8-9-16/h4-7,16-19H,2-3,8-15H2,1H3,(H,24,28)/t17?,18-,19+. The Labute approximate surface area is 172 Å². The topological polar surface area (TPSA) is 59.4 Å². The van der Waals surface area contributed by atoms with Gasteiger partial charge < -0.3 is 10.1 Å². The fourth-order valence-corrected chi connectivity index (χ4v) is 5.05. The highest BCUT2D eigenvalue weighted by atomic mass is 16.5. The highest BCUT2D eigenvalue weighted by molar-refractivity contribution is 6.05. The molecular formula is C23H32N4O2. The van der Waals surface area contributed by atoms with Crippen LogP contribution in [0.5, 0.6) is 0 Å². The largest absolute Gasteiger partial charge is 0.378 e. The van der Waals surface area contributed by atoms with Crippen molar-refractivity contribution in [2.24, 2.45) is 5.92 Å². The van der Waals surface area contributed by atoms with Crippen LogP contribution in [0.2, 0.25) is 0 Å². The van der Waals surface area contributed by atoms with E-state index in [4.69, 9.17) is 9.84 Å². The number of unbranched alkanes of at least 4 members (excludes halogenated alkanes) is 1. The summed E-state index contributed by atoms with van der Waals surface area (Å²) in [4.78, 5) is 15.8. The van der Waals surface area contributed by atoms with Crippen LogP contribution in [0, 0.1) is 5.92 Å². The molecule has 2 bridgehead atoms. The number of aromatic nitrogens is 2. The first-order chi connectivity index (χ1) is 14.2. The van der Waals surface area contributed by atoms with Gasteiger partial charge >= 0.3 is 0 Å². The second kappa shape index (κ2) is 8.07. The first-order valence-electron chi connectivity index (χ1n) is 11.3. The van der Waals surface area contributed by atoms with Gasteiger partial charge in [-0.2, -0.15) is 5.10 Å². The van der Waals surface area contributed by atoms with Crippen LogP contribution >= 0.6 is 0 Å². The van der Waals surface area contributed by atoms with Gasteiger partial charge in [0.1, 0.15) is 0 Å². The zero-order chi connectivity index (χ0) is 19.8. The highest BCUT2D eigenvalue weighted by Gasteiger charge is 2.39. The van der Waals surface area contributed by atoms with E-state index >= 15 is 0 Å². The zero-order valence-corrected chi connectivity index (χ0v) is 17.3. The van der Waals surface area contributed by atoms with E-state index in [1.807, 2.05) is 22.9 Å². The summed E-state index contributed by atoms with van der Waals surface area (Å²) in [7, 11) is 0. The Bertz CT molecular complexity index is 861. The number of ether oxygens (including phenoxy) is 1. The monoisotopic (exact) mass is 396 g/mol. The van der Waals surface area contributed by atoms with E-state index in [1.165, 1.54) is 25.7 Å². The normalized spacial score (nSPS) is 27.3. The molecular weight excluding hydrogens is 364 g/mol. The molecule has 29 heavy (non-hydrogen) atoms. The van der Waals surface area contributed by atoms with Crippen LogP contribution in [-0.2, 0) is 11.3 Å². The number of piperidine rings is 1. The summed E-state index contributed by atoms with van der Waals surface area (Å²) in [5.41, 5.74) is 1.65. The van der Waals surface area contributed by atoms with Crippen molar-refractivity contribution in [1.82, 2.24) is 20.0 Å². The lowest BCUT2D eigenvalue weighted by Crippen LogP contribution is -2.60. The number of amides is 1. The summed E-state index contributed by atoms with van der Waals surface area (Å²) in [5.74, 6) is 0.697. The van der Waals surface area contributed by atoms with Crippen molar-refractivity contribution in [1.29, 1.82) is 0 Å². The van der Waals surface area contributed by atoms with E-state index in [9.17, 15) is 4.79 Å². The molecule has 2 aliphatic heterocycles. The maximum Gasteiger partial charge on any atom is 0.272 e. The van der Waals surface area contributed by atoms with E-state index in [0.29, 0.717) is 17.8 Å². The van der Waals surface area contributed by atoms with E-state index < -0.39 is 0 Å². The van der Waals surface area contributed by atoms with Crippen LogP contribution in [0.1, 0.15) is 55.9 Å². The molecule has 1 aromatic carbocycles. The minimum Gasteiger partial charge on any atom is -0.378 e. The quantitative estimate of drug-likeness (QED) is 0.781. The number of morpholine rings is 1. The molecule has 3 fully saturated rings. The molecule has 1 amide bonds. The number of benzene rings is 1. The summed E-state index contributed by atoms with van der Waals surface area (Å²) in [5, 5.41) is 9.02. The van der Waals surface area contributed by atoms with Crippen molar-refractivity contribution in [2.45, 2.75) is 70.1 Å². The second-order valence-electron chi connectivity index (χ2n) is 9.07. The number of rotatable bonds is 7. The summed E-state index contributed by atoms with van der Waals surface area (Å²) in [6.45, 7) is 5.88. The van der Waals surface area contributed by atoms with Crippen LogP contribution in [0.15, 0.2) is 24.3 Å². The number of carbonyl (C=O) groups is 1. The SMILES string of the molecule is CCCCN1[C@@H]2COC[C@H]1CC(NC(=O)c1nn(CC3CC3)c3ccccc13)C2. The van der Waals surface area contributed by atoms with E-state index in [2.05, 4.69) is 23.2 Å². The van der Waals surface area contributed by atoms with Gasteiger partial charge in [-0.1, -0.05) is 31.5 Å². The smallest absolute Gasteiger partial charge is 0.272 e. The van der Waals surface area contributed by atoms with Gasteiger partial charge in [-0.3, -0.25) is 14.4 Å². The van der Waals surface area contributed by atoms with Crippen molar-refractivity contribution >= 4 is 16.8 Å². The lowest BCUT2D eigenvalue weighted by Gasteiger charge is -2.48. The van der Waals surface area contributed by atoms with Crippen LogP contribution in [0.3, 0.4) is 0 Å². The average molecular weight is 397 g/mol. The Morgan fingerprint density at radius 1 is 1.21 bits per heavy atom. The Morgan fingerprint density at radius 2 is 1.97 bits per heavy atom. The highest BCUT2D eigenvalue weighted by Crippen LogP contribution is 2.32. The summed E-state index contributed by atoms with van der Waals surface area (Å²) >= 11 is 0. The molecule has 2 aromatic rings. The van der Waals surface area contributed by atoms with Crippen LogP contribution in [0.4, 0.5) is 0 Å². The third-order valence-corrected chi connectivity index (χ3v) is 6.78. The average Bonchev–Trinajstić information content (AvgIpc) is 3.46. The zero-order valence-electron chi connectivity index (χ0n) is 17.3. The van der Waals surface area contributed by atoms with Crippen molar-refractivity contribution in [3.8, 4) is 0 Å². The number of nitrogens with one attached hydrogen (secondary N) is 1. The number of nitrogens with zero attached hydrogens (tertiary/aromatic N) is 3. The molecule has 1 unspecified atom stereocenters. The van der Waals surface area contributed by atoms with Gasteiger partial charge in [-0.15, -0.1) is 0 Å². The van der Waals surface area contributed by atoms with Gasteiger partial charge in [-0.25, -0.2) is 0 Å². The molecule has 3 aliphatic rings. The van der Waals surface area contributed by atoms with E-state index in [-0.39, 0.29) is 11.9 Å². The minimum atomic E-state index is -0.0262. The number of fused-ring (bicyclic) bond motifs is 3. The van der Waals surface area contributed by atoms with Gasteiger partial charge in [0.2, 0.25) is 0 Å². The van der Waals surface area contributed by atoms with Gasteiger partial charge in [0.15, 0.2) is 5.69 Å². The van der Waals surface area contributed by atoms with Crippen molar-refractivity contribution < 1.29 is 9.53 Å². The molecule has 1 aromatic heterocycles.